The molecule has 2 rings (SSSR count). The van der Waals surface area contributed by atoms with Gasteiger partial charge in [0.2, 0.25) is 0 Å². The first-order valence-corrected chi connectivity index (χ1v) is 7.74. The van der Waals surface area contributed by atoms with Gasteiger partial charge in [0.1, 0.15) is 0 Å². The van der Waals surface area contributed by atoms with Crippen LogP contribution in [0.2, 0.25) is 0 Å². The van der Waals surface area contributed by atoms with Crippen molar-refractivity contribution in [2.75, 3.05) is 12.3 Å². The van der Waals surface area contributed by atoms with E-state index in [0.29, 0.717) is 0 Å². The summed E-state index contributed by atoms with van der Waals surface area (Å²) in [6.07, 6.45) is 5.42. The molecule has 0 amide bonds. The van der Waals surface area contributed by atoms with Crippen molar-refractivity contribution in [3.8, 4) is 0 Å². The summed E-state index contributed by atoms with van der Waals surface area (Å²) in [5.74, 6) is 1.22. The lowest BCUT2D eigenvalue weighted by Crippen LogP contribution is -2.34. The van der Waals surface area contributed by atoms with Crippen molar-refractivity contribution < 1.29 is 0 Å². The van der Waals surface area contributed by atoms with E-state index in [9.17, 15) is 0 Å². The van der Waals surface area contributed by atoms with Crippen LogP contribution in [0.25, 0.3) is 0 Å². The van der Waals surface area contributed by atoms with E-state index in [0.717, 1.165) is 10.5 Å². The lowest BCUT2D eigenvalue weighted by Gasteiger charge is -2.23. The Hall–Kier alpha value is 0.300. The Morgan fingerprint density at radius 2 is 2.00 bits per heavy atom. The Kier molecular flexibility index (Phi) is 7.60. The molecule has 17 heavy (non-hydrogen) atoms. The highest BCUT2D eigenvalue weighted by Gasteiger charge is 2.11. The minimum Gasteiger partial charge on any atom is -0.314 e. The zero-order chi connectivity index (χ0) is 11.2. The van der Waals surface area contributed by atoms with E-state index in [4.69, 9.17) is 0 Å². The first kappa shape index (κ1) is 15.4. The molecule has 1 aromatic carbocycles. The van der Waals surface area contributed by atoms with Crippen LogP contribution in [-0.4, -0.2) is 18.3 Å². The average Bonchev–Trinajstić information content (AvgIpc) is 2.33. The first-order valence-electron chi connectivity index (χ1n) is 5.96. The van der Waals surface area contributed by atoms with Crippen LogP contribution in [0.1, 0.15) is 25.7 Å². The molecular formula is C13H19BrClNS. The van der Waals surface area contributed by atoms with E-state index in [1.54, 1.807) is 0 Å². The van der Waals surface area contributed by atoms with E-state index in [1.807, 2.05) is 11.8 Å². The molecule has 1 heterocycles. The fraction of sp³-hybridized carbons (Fsp3) is 0.538. The lowest BCUT2D eigenvalue weighted by molar-refractivity contribution is 0.395. The Labute approximate surface area is 123 Å². The van der Waals surface area contributed by atoms with E-state index >= 15 is 0 Å². The van der Waals surface area contributed by atoms with Gasteiger partial charge in [-0.05, 0) is 55.8 Å². The third-order valence-corrected chi connectivity index (χ3v) is 4.54. The molecule has 1 unspecified atom stereocenters. The van der Waals surface area contributed by atoms with Gasteiger partial charge in [0.15, 0.2) is 0 Å². The van der Waals surface area contributed by atoms with Gasteiger partial charge in [0.25, 0.3) is 0 Å². The smallest absolute Gasteiger partial charge is 0.0176 e. The molecule has 1 aromatic rings. The molecule has 4 heteroatoms. The van der Waals surface area contributed by atoms with Crippen LogP contribution in [0.4, 0.5) is 0 Å². The Bertz CT molecular complexity index is 312. The van der Waals surface area contributed by atoms with Crippen molar-refractivity contribution >= 4 is 40.1 Å². The van der Waals surface area contributed by atoms with Gasteiger partial charge in [-0.3, -0.25) is 0 Å². The van der Waals surface area contributed by atoms with Crippen LogP contribution in [0, 0.1) is 0 Å². The zero-order valence-electron chi connectivity index (χ0n) is 9.82. The second-order valence-corrected chi connectivity index (χ2v) is 6.32. The van der Waals surface area contributed by atoms with Gasteiger partial charge < -0.3 is 5.32 Å². The van der Waals surface area contributed by atoms with Crippen LogP contribution < -0.4 is 5.32 Å². The highest BCUT2D eigenvalue weighted by atomic mass is 79.9. The fourth-order valence-electron chi connectivity index (χ4n) is 2.02. The molecule has 96 valence electrons. The van der Waals surface area contributed by atoms with Crippen LogP contribution in [0.3, 0.4) is 0 Å². The van der Waals surface area contributed by atoms with Crippen LogP contribution in [0.15, 0.2) is 33.6 Å². The van der Waals surface area contributed by atoms with Crippen molar-refractivity contribution in [2.45, 2.75) is 36.6 Å². The number of nitrogens with one attached hydrogen (secondary N) is 1. The van der Waals surface area contributed by atoms with Crippen molar-refractivity contribution in [3.05, 3.63) is 28.7 Å². The Morgan fingerprint density at radius 3 is 2.65 bits per heavy atom. The summed E-state index contributed by atoms with van der Waals surface area (Å²) in [4.78, 5) is 1.37. The van der Waals surface area contributed by atoms with Crippen LogP contribution >= 0.6 is 40.1 Å². The molecule has 1 N–H and O–H groups in total. The highest BCUT2D eigenvalue weighted by Crippen LogP contribution is 2.22. The summed E-state index contributed by atoms with van der Waals surface area (Å²) in [6.45, 7) is 1.22. The molecule has 0 saturated carbocycles. The van der Waals surface area contributed by atoms with Crippen LogP contribution in [0.5, 0.6) is 0 Å². The van der Waals surface area contributed by atoms with E-state index < -0.39 is 0 Å². The van der Waals surface area contributed by atoms with E-state index in [1.165, 1.54) is 42.9 Å². The van der Waals surface area contributed by atoms with E-state index in [2.05, 4.69) is 45.5 Å². The topological polar surface area (TPSA) is 12.0 Å². The molecule has 0 bridgehead atoms. The van der Waals surface area contributed by atoms with Crippen molar-refractivity contribution in [1.82, 2.24) is 5.32 Å². The Balaban J connectivity index is 0.00000144. The van der Waals surface area contributed by atoms with Crippen molar-refractivity contribution in [2.24, 2.45) is 0 Å². The second kappa shape index (κ2) is 8.41. The fourth-order valence-corrected chi connectivity index (χ4v) is 3.25. The third kappa shape index (κ3) is 5.64. The first-order chi connectivity index (χ1) is 7.84. The normalized spacial score (nSPS) is 19.7. The van der Waals surface area contributed by atoms with Gasteiger partial charge >= 0.3 is 0 Å². The molecule has 0 spiro atoms. The maximum atomic E-state index is 3.59. The standard InChI is InChI=1S/C13H18BrNS.ClH/c14-11-4-6-13(7-5-11)16-10-8-12-3-1-2-9-15-12;/h4-7,12,15H,1-3,8-10H2;1H. The Morgan fingerprint density at radius 1 is 1.24 bits per heavy atom. The predicted octanol–water partition coefficient (Wildman–Crippen LogP) is 4.50. The SMILES string of the molecule is Brc1ccc(SCCC2CCCCN2)cc1.Cl. The summed E-state index contributed by atoms with van der Waals surface area (Å²) in [7, 11) is 0. The number of hydrogen-bond acceptors (Lipinski definition) is 2. The monoisotopic (exact) mass is 335 g/mol. The van der Waals surface area contributed by atoms with Crippen molar-refractivity contribution in [1.29, 1.82) is 0 Å². The molecule has 0 aliphatic carbocycles. The summed E-state index contributed by atoms with van der Waals surface area (Å²) in [6, 6.07) is 9.35. The van der Waals surface area contributed by atoms with Gasteiger partial charge in [0.05, 0.1) is 0 Å². The molecular weight excluding hydrogens is 318 g/mol. The van der Waals surface area contributed by atoms with E-state index in [-0.39, 0.29) is 12.4 Å². The second-order valence-electron chi connectivity index (χ2n) is 4.24. The molecule has 1 atom stereocenters. The summed E-state index contributed by atoms with van der Waals surface area (Å²) < 4.78 is 1.16. The predicted molar refractivity (Wildman–Crippen MR) is 82.4 cm³/mol. The maximum Gasteiger partial charge on any atom is 0.0176 e. The van der Waals surface area contributed by atoms with Gasteiger partial charge in [0, 0.05) is 15.4 Å². The van der Waals surface area contributed by atoms with Gasteiger partial charge in [-0.25, -0.2) is 0 Å². The molecule has 1 saturated heterocycles. The summed E-state index contributed by atoms with van der Waals surface area (Å²) in [5, 5.41) is 3.59. The number of benzene rings is 1. The molecule has 0 radical (unpaired) electrons. The lowest BCUT2D eigenvalue weighted by atomic mass is 10.0. The maximum absolute atomic E-state index is 3.59. The number of piperidine rings is 1. The zero-order valence-corrected chi connectivity index (χ0v) is 13.0. The highest BCUT2D eigenvalue weighted by molar-refractivity contribution is 9.10. The molecule has 1 fully saturated rings. The number of thioether (sulfide) groups is 1. The average molecular weight is 337 g/mol. The minimum absolute atomic E-state index is 0. The number of rotatable bonds is 4. The van der Waals surface area contributed by atoms with Gasteiger partial charge in [-0.15, -0.1) is 24.2 Å². The third-order valence-electron chi connectivity index (χ3n) is 2.96. The number of hydrogen-bond donors (Lipinski definition) is 1. The number of halogens is 2. The van der Waals surface area contributed by atoms with Gasteiger partial charge in [-0.1, -0.05) is 22.4 Å². The molecule has 0 aromatic heterocycles. The quantitative estimate of drug-likeness (QED) is 0.813. The summed E-state index contributed by atoms with van der Waals surface area (Å²) >= 11 is 5.42. The molecule has 1 aliphatic heterocycles. The van der Waals surface area contributed by atoms with Crippen molar-refractivity contribution in [3.63, 3.8) is 0 Å². The van der Waals surface area contributed by atoms with Crippen LogP contribution in [-0.2, 0) is 0 Å². The molecule has 1 aliphatic rings. The summed E-state index contributed by atoms with van der Waals surface area (Å²) in [5.41, 5.74) is 0. The molecule has 1 nitrogen and oxygen atoms in total. The largest absolute Gasteiger partial charge is 0.314 e. The minimum atomic E-state index is 0. The van der Waals surface area contributed by atoms with Gasteiger partial charge in [-0.2, -0.15) is 0 Å².